The lowest BCUT2D eigenvalue weighted by Crippen LogP contribution is -2.19. The van der Waals surface area contributed by atoms with Gasteiger partial charge in [-0.05, 0) is 24.0 Å². The molecule has 1 aliphatic heterocycles. The number of carbonyl (C=O) groups is 1. The highest BCUT2D eigenvalue weighted by Crippen LogP contribution is 2.44. The number of carbonyl (C=O) groups excluding carboxylic acids is 1. The number of nitrogens with one attached hydrogen (secondary N) is 1. The van der Waals surface area contributed by atoms with E-state index in [0.717, 1.165) is 29.3 Å². The third-order valence-electron chi connectivity index (χ3n) is 4.01. The first-order chi connectivity index (χ1) is 8.29. The minimum atomic E-state index is 0.0328. The van der Waals surface area contributed by atoms with Gasteiger partial charge in [-0.1, -0.05) is 31.4 Å². The first kappa shape index (κ1) is 10.6. The summed E-state index contributed by atoms with van der Waals surface area (Å²) in [6, 6.07) is 5.90. The first-order valence-electron chi connectivity index (χ1n) is 6.27. The van der Waals surface area contributed by atoms with Crippen molar-refractivity contribution in [3.63, 3.8) is 0 Å². The van der Waals surface area contributed by atoms with Crippen molar-refractivity contribution in [2.75, 3.05) is 12.4 Å². The predicted octanol–water partition coefficient (Wildman–Crippen LogP) is 2.92. The maximum absolute atomic E-state index is 12.0. The molecule has 1 N–H and O–H groups in total. The summed E-state index contributed by atoms with van der Waals surface area (Å²) in [4.78, 5) is 12.0. The Morgan fingerprint density at radius 2 is 2.24 bits per heavy atom. The Morgan fingerprint density at radius 3 is 2.88 bits per heavy atom. The van der Waals surface area contributed by atoms with E-state index in [1.807, 2.05) is 18.2 Å². The van der Waals surface area contributed by atoms with E-state index in [1.54, 1.807) is 7.11 Å². The van der Waals surface area contributed by atoms with E-state index < -0.39 is 0 Å². The van der Waals surface area contributed by atoms with Crippen molar-refractivity contribution in [3.05, 3.63) is 23.8 Å². The Labute approximate surface area is 101 Å². The molecule has 1 fully saturated rings. The average Bonchev–Trinajstić information content (AvgIpc) is 2.59. The summed E-state index contributed by atoms with van der Waals surface area (Å²) in [7, 11) is 1.64. The van der Waals surface area contributed by atoms with E-state index in [-0.39, 0.29) is 11.8 Å². The van der Waals surface area contributed by atoms with Gasteiger partial charge in [0, 0.05) is 0 Å². The zero-order chi connectivity index (χ0) is 11.8. The van der Waals surface area contributed by atoms with Crippen molar-refractivity contribution >= 4 is 11.6 Å². The zero-order valence-corrected chi connectivity index (χ0v) is 10.0. The highest BCUT2D eigenvalue weighted by Gasteiger charge is 2.35. The molecule has 3 nitrogen and oxygen atoms in total. The molecule has 1 saturated carbocycles. The fraction of sp³-hybridized carbons (Fsp3) is 0.500. The van der Waals surface area contributed by atoms with Crippen LogP contribution in [0.4, 0.5) is 5.69 Å². The van der Waals surface area contributed by atoms with Crippen LogP contribution >= 0.6 is 0 Å². The van der Waals surface area contributed by atoms with Gasteiger partial charge in [-0.15, -0.1) is 0 Å². The van der Waals surface area contributed by atoms with E-state index in [2.05, 4.69) is 5.32 Å². The number of methoxy groups -OCH3 is 1. The molecule has 0 aromatic heterocycles. The van der Waals surface area contributed by atoms with Crippen LogP contribution in [0.3, 0.4) is 0 Å². The Morgan fingerprint density at radius 1 is 1.41 bits per heavy atom. The third-order valence-corrected chi connectivity index (χ3v) is 4.01. The molecule has 2 aliphatic rings. The average molecular weight is 231 g/mol. The monoisotopic (exact) mass is 231 g/mol. The van der Waals surface area contributed by atoms with Crippen molar-refractivity contribution in [3.8, 4) is 5.75 Å². The second-order valence-electron chi connectivity index (χ2n) is 5.00. The second kappa shape index (κ2) is 4.06. The lowest BCUT2D eigenvalue weighted by molar-refractivity contribution is -0.117. The summed E-state index contributed by atoms with van der Waals surface area (Å²) in [6.45, 7) is 0. The molecular weight excluding hydrogens is 214 g/mol. The van der Waals surface area contributed by atoms with Crippen molar-refractivity contribution < 1.29 is 9.53 Å². The summed E-state index contributed by atoms with van der Waals surface area (Å²) < 4.78 is 5.28. The second-order valence-corrected chi connectivity index (χ2v) is 5.00. The van der Waals surface area contributed by atoms with Gasteiger partial charge in [-0.2, -0.15) is 0 Å². The molecule has 17 heavy (non-hydrogen) atoms. The number of anilines is 1. The number of rotatable bonds is 3. The molecule has 1 heterocycles. The van der Waals surface area contributed by atoms with Crippen molar-refractivity contribution in [2.24, 2.45) is 5.92 Å². The topological polar surface area (TPSA) is 38.3 Å². The molecule has 0 radical (unpaired) electrons. The molecule has 1 aromatic carbocycles. The number of fused-ring (bicyclic) bond motifs is 1. The van der Waals surface area contributed by atoms with E-state index in [4.69, 9.17) is 4.74 Å². The van der Waals surface area contributed by atoms with Crippen LogP contribution in [-0.4, -0.2) is 13.0 Å². The Balaban J connectivity index is 1.89. The molecular formula is C14H17NO2. The van der Waals surface area contributed by atoms with Gasteiger partial charge >= 0.3 is 0 Å². The molecule has 0 spiro atoms. The van der Waals surface area contributed by atoms with E-state index >= 15 is 0 Å². The molecule has 0 saturated heterocycles. The maximum Gasteiger partial charge on any atom is 0.232 e. The molecule has 90 valence electrons. The summed E-state index contributed by atoms with van der Waals surface area (Å²) in [5.74, 6) is 1.68. The van der Waals surface area contributed by atoms with Gasteiger partial charge in [-0.3, -0.25) is 4.79 Å². The number of hydrogen-bond acceptors (Lipinski definition) is 2. The third kappa shape index (κ3) is 1.70. The number of ether oxygens (including phenoxy) is 1. The Bertz CT molecular complexity index is 452. The molecule has 3 rings (SSSR count). The summed E-state index contributed by atoms with van der Waals surface area (Å²) >= 11 is 0. The number of amides is 1. The van der Waals surface area contributed by atoms with Gasteiger partial charge in [-0.25, -0.2) is 0 Å². The molecule has 1 unspecified atom stereocenters. The van der Waals surface area contributed by atoms with Crippen LogP contribution in [0.5, 0.6) is 5.75 Å². The van der Waals surface area contributed by atoms with Crippen molar-refractivity contribution in [1.82, 2.24) is 0 Å². The van der Waals surface area contributed by atoms with Crippen LogP contribution in [0, 0.1) is 5.92 Å². The Hall–Kier alpha value is -1.51. The van der Waals surface area contributed by atoms with Gasteiger partial charge in [0.05, 0.1) is 18.7 Å². The van der Waals surface area contributed by atoms with Gasteiger partial charge in [0.2, 0.25) is 5.91 Å². The largest absolute Gasteiger partial charge is 0.495 e. The van der Waals surface area contributed by atoms with Crippen LogP contribution in [0.1, 0.15) is 37.2 Å². The molecule has 1 atom stereocenters. The summed E-state index contributed by atoms with van der Waals surface area (Å²) in [5, 5.41) is 2.96. The lowest BCUT2D eigenvalue weighted by Gasteiger charge is -2.27. The first-order valence-corrected chi connectivity index (χ1v) is 6.27. The van der Waals surface area contributed by atoms with Gasteiger partial charge < -0.3 is 10.1 Å². The molecule has 1 amide bonds. The normalized spacial score (nSPS) is 22.9. The minimum Gasteiger partial charge on any atom is -0.495 e. The fourth-order valence-electron chi connectivity index (χ4n) is 2.79. The highest BCUT2D eigenvalue weighted by atomic mass is 16.5. The van der Waals surface area contributed by atoms with Crippen LogP contribution in [0.2, 0.25) is 0 Å². The van der Waals surface area contributed by atoms with E-state index in [9.17, 15) is 4.79 Å². The quantitative estimate of drug-likeness (QED) is 0.868. The molecule has 0 bridgehead atoms. The van der Waals surface area contributed by atoms with Crippen LogP contribution in [0.15, 0.2) is 18.2 Å². The molecule has 1 aromatic rings. The van der Waals surface area contributed by atoms with Crippen LogP contribution in [0.25, 0.3) is 0 Å². The number of hydrogen-bond donors (Lipinski definition) is 1. The lowest BCUT2D eigenvalue weighted by atomic mass is 9.77. The Kier molecular flexibility index (Phi) is 2.54. The maximum atomic E-state index is 12.0. The highest BCUT2D eigenvalue weighted by molar-refractivity contribution is 6.04. The molecule has 1 aliphatic carbocycles. The van der Waals surface area contributed by atoms with E-state index in [1.165, 1.54) is 19.3 Å². The van der Waals surface area contributed by atoms with Gasteiger partial charge in [0.15, 0.2) is 0 Å². The molecule has 3 heteroatoms. The van der Waals surface area contributed by atoms with Gasteiger partial charge in [0.25, 0.3) is 0 Å². The standard InChI is InChI=1S/C14H17NO2/c1-17-12-7-3-6-10-11(8-9-4-2-5-9)14(16)15-13(10)12/h3,6-7,9,11H,2,4-5,8H2,1H3,(H,15,16). The SMILES string of the molecule is COc1cccc2c1NC(=O)C2CC1CCC1. The summed E-state index contributed by atoms with van der Waals surface area (Å²) in [6.07, 6.45) is 4.88. The fourth-order valence-corrected chi connectivity index (χ4v) is 2.79. The van der Waals surface area contributed by atoms with Crippen LogP contribution in [-0.2, 0) is 4.79 Å². The van der Waals surface area contributed by atoms with Crippen molar-refractivity contribution in [2.45, 2.75) is 31.6 Å². The van der Waals surface area contributed by atoms with E-state index in [0.29, 0.717) is 0 Å². The smallest absolute Gasteiger partial charge is 0.232 e. The van der Waals surface area contributed by atoms with Gasteiger partial charge in [0.1, 0.15) is 5.75 Å². The predicted molar refractivity (Wildman–Crippen MR) is 66.3 cm³/mol. The zero-order valence-electron chi connectivity index (χ0n) is 10.0. The summed E-state index contributed by atoms with van der Waals surface area (Å²) in [5.41, 5.74) is 1.99. The minimum absolute atomic E-state index is 0.0328. The van der Waals surface area contributed by atoms with Crippen LogP contribution < -0.4 is 10.1 Å². The number of benzene rings is 1. The van der Waals surface area contributed by atoms with Crippen molar-refractivity contribution in [1.29, 1.82) is 0 Å². The number of para-hydroxylation sites is 1.